The summed E-state index contributed by atoms with van der Waals surface area (Å²) in [6.45, 7) is 0. The highest BCUT2D eigenvalue weighted by molar-refractivity contribution is 6.02. The summed E-state index contributed by atoms with van der Waals surface area (Å²) in [7, 11) is 0. The highest BCUT2D eigenvalue weighted by atomic mass is 16.6. The molecule has 0 aromatic rings. The molecule has 2 spiro atoms. The first-order valence-electron chi connectivity index (χ1n) is 10.4. The molecule has 2 heterocycles. The maximum atomic E-state index is 14.0. The van der Waals surface area contributed by atoms with Gasteiger partial charge >= 0.3 is 23.9 Å². The molecule has 10 atom stereocenters. The van der Waals surface area contributed by atoms with Crippen LogP contribution in [0.4, 0.5) is 0 Å². The topological polar surface area (TPSA) is 104 Å². The van der Waals surface area contributed by atoms with E-state index in [1.165, 1.54) is 0 Å². The molecule has 2 aliphatic heterocycles. The number of rotatable bonds is 0. The van der Waals surface area contributed by atoms with Gasteiger partial charge in [-0.15, -0.1) is 0 Å². The molecule has 8 unspecified atom stereocenters. The molecule has 0 amide bonds. The second kappa shape index (κ2) is 4.41. The Morgan fingerprint density at radius 1 is 0.607 bits per heavy atom. The van der Waals surface area contributed by atoms with Gasteiger partial charge in [-0.05, 0) is 62.2 Å². The monoisotopic (exact) mass is 384 g/mol. The van der Waals surface area contributed by atoms with Crippen molar-refractivity contribution in [2.24, 2.45) is 58.2 Å². The van der Waals surface area contributed by atoms with Gasteiger partial charge in [-0.3, -0.25) is 24.0 Å². The molecule has 0 radical (unpaired) electrons. The van der Waals surface area contributed by atoms with Crippen LogP contribution in [0.1, 0.15) is 38.5 Å². The number of hydrogen-bond acceptors (Lipinski definition) is 7. The van der Waals surface area contributed by atoms with E-state index < -0.39 is 46.5 Å². The third kappa shape index (κ3) is 1.40. The lowest BCUT2D eigenvalue weighted by Gasteiger charge is -2.41. The smallest absolute Gasteiger partial charge is 0.317 e. The summed E-state index contributed by atoms with van der Waals surface area (Å²) in [6.07, 6.45) is 4.27. The molecule has 0 aromatic heterocycles. The molecule has 7 rings (SSSR count). The van der Waals surface area contributed by atoms with Crippen LogP contribution in [-0.4, -0.2) is 29.7 Å². The van der Waals surface area contributed by atoms with Crippen LogP contribution in [0, 0.1) is 58.2 Å². The lowest BCUT2D eigenvalue weighted by atomic mass is 9.58. The van der Waals surface area contributed by atoms with Crippen molar-refractivity contribution in [3.63, 3.8) is 0 Å². The third-order valence-electron chi connectivity index (χ3n) is 9.85. The zero-order chi connectivity index (χ0) is 19.2. The van der Waals surface area contributed by atoms with Crippen molar-refractivity contribution in [3.8, 4) is 0 Å². The third-order valence-corrected chi connectivity index (χ3v) is 9.85. The molecule has 4 bridgehead atoms. The van der Waals surface area contributed by atoms with Crippen molar-refractivity contribution in [1.29, 1.82) is 0 Å². The molecule has 5 saturated carbocycles. The van der Waals surface area contributed by atoms with E-state index in [4.69, 9.17) is 9.47 Å². The fourth-order valence-corrected chi connectivity index (χ4v) is 9.16. The SMILES string of the molecule is O=C1OC(=O)C2C1C1C[C@H]2C2(CCC3(CC4C[C@H]3C3C(=O)OC(=O)C43)C2=O)C1. The van der Waals surface area contributed by atoms with Gasteiger partial charge in [0.2, 0.25) is 0 Å². The molecule has 0 N–H and O–H groups in total. The van der Waals surface area contributed by atoms with E-state index in [2.05, 4.69) is 0 Å². The van der Waals surface area contributed by atoms with Gasteiger partial charge in [0, 0.05) is 10.8 Å². The van der Waals surface area contributed by atoms with E-state index in [0.29, 0.717) is 12.8 Å². The van der Waals surface area contributed by atoms with Gasteiger partial charge in [0.25, 0.3) is 0 Å². The molecule has 7 fully saturated rings. The minimum atomic E-state index is -0.554. The van der Waals surface area contributed by atoms with Gasteiger partial charge in [0.1, 0.15) is 5.78 Å². The van der Waals surface area contributed by atoms with Gasteiger partial charge in [-0.2, -0.15) is 0 Å². The largest absolute Gasteiger partial charge is 0.393 e. The maximum Gasteiger partial charge on any atom is 0.317 e. The fourth-order valence-electron chi connectivity index (χ4n) is 9.16. The Morgan fingerprint density at radius 3 is 1.43 bits per heavy atom. The Hall–Kier alpha value is -2.05. The first-order chi connectivity index (χ1) is 13.4. The van der Waals surface area contributed by atoms with Gasteiger partial charge in [-0.1, -0.05) is 0 Å². The second-order valence-electron chi connectivity index (χ2n) is 10.3. The average molecular weight is 384 g/mol. The first-order valence-corrected chi connectivity index (χ1v) is 10.4. The predicted molar refractivity (Wildman–Crippen MR) is 87.7 cm³/mol. The molecule has 2 saturated heterocycles. The molecular formula is C21H20O7. The van der Waals surface area contributed by atoms with Crippen molar-refractivity contribution >= 4 is 29.7 Å². The highest BCUT2D eigenvalue weighted by Crippen LogP contribution is 2.75. The van der Waals surface area contributed by atoms with E-state index in [9.17, 15) is 24.0 Å². The second-order valence-corrected chi connectivity index (χ2v) is 10.3. The van der Waals surface area contributed by atoms with Crippen molar-refractivity contribution < 1.29 is 33.4 Å². The quantitative estimate of drug-likeness (QED) is 0.454. The van der Waals surface area contributed by atoms with Crippen LogP contribution < -0.4 is 0 Å². The van der Waals surface area contributed by atoms with Gasteiger partial charge in [-0.25, -0.2) is 0 Å². The van der Waals surface area contributed by atoms with Crippen LogP contribution in [0.2, 0.25) is 0 Å². The molecule has 28 heavy (non-hydrogen) atoms. The Kier molecular flexibility index (Phi) is 2.49. The normalized spacial score (nSPS) is 57.6. The van der Waals surface area contributed by atoms with Crippen LogP contribution in [-0.2, 0) is 33.4 Å². The average Bonchev–Trinajstić information content (AvgIpc) is 3.46. The van der Waals surface area contributed by atoms with Crippen LogP contribution in [0.25, 0.3) is 0 Å². The summed E-state index contributed by atoms with van der Waals surface area (Å²) < 4.78 is 9.82. The number of carbonyl (C=O) groups excluding carboxylic acids is 5. The Bertz CT molecular complexity index is 850. The van der Waals surface area contributed by atoms with Crippen molar-refractivity contribution in [2.75, 3.05) is 0 Å². The number of Topliss-reactive ketones (excluding diaryl/α,β-unsaturated/α-hetero) is 1. The van der Waals surface area contributed by atoms with E-state index >= 15 is 0 Å². The number of hydrogen-bond donors (Lipinski definition) is 0. The van der Waals surface area contributed by atoms with Gasteiger partial charge in [0.05, 0.1) is 23.7 Å². The molecule has 7 heteroatoms. The number of ketones is 1. The summed E-state index contributed by atoms with van der Waals surface area (Å²) >= 11 is 0. The lowest BCUT2D eigenvalue weighted by Crippen LogP contribution is -2.48. The van der Waals surface area contributed by atoms with Crippen LogP contribution in [0.3, 0.4) is 0 Å². The van der Waals surface area contributed by atoms with Gasteiger partial charge in [0.15, 0.2) is 0 Å². The van der Waals surface area contributed by atoms with Gasteiger partial charge < -0.3 is 9.47 Å². The predicted octanol–water partition coefficient (Wildman–Crippen LogP) is 1.03. The lowest BCUT2D eigenvalue weighted by molar-refractivity contribution is -0.156. The van der Waals surface area contributed by atoms with E-state index in [0.717, 1.165) is 25.7 Å². The van der Waals surface area contributed by atoms with E-state index in [1.54, 1.807) is 0 Å². The number of fused-ring (bicyclic) bond motifs is 12. The molecule has 5 aliphatic carbocycles. The summed E-state index contributed by atoms with van der Waals surface area (Å²) in [5, 5.41) is 0. The molecule has 7 nitrogen and oxygen atoms in total. The summed E-state index contributed by atoms with van der Waals surface area (Å²) in [4.78, 5) is 62.8. The standard InChI is InChI=1S/C21H20O7/c22-15-11-7-3-9(13(11)17(24)27-15)20(5-7)1-2-21(19(20)26)6-8-4-10(21)14-12(8)16(23)28-18(14)25/h7-14H,1-6H2/t7?,8?,9-,10+,11?,12?,13?,14?,20?,21?. The summed E-state index contributed by atoms with van der Waals surface area (Å²) in [5.41, 5.74) is -1.11. The number of carbonyl (C=O) groups is 5. The minimum absolute atomic E-state index is 0.0532. The molecule has 7 aliphatic rings. The fraction of sp³-hybridized carbons (Fsp3) is 0.762. The Morgan fingerprint density at radius 2 is 1.00 bits per heavy atom. The zero-order valence-electron chi connectivity index (χ0n) is 15.2. The Labute approximate surface area is 160 Å². The number of esters is 4. The molecular weight excluding hydrogens is 364 g/mol. The minimum Gasteiger partial charge on any atom is -0.393 e. The summed E-state index contributed by atoms with van der Waals surface area (Å²) in [5.74, 6) is -3.28. The van der Waals surface area contributed by atoms with Crippen molar-refractivity contribution in [2.45, 2.75) is 38.5 Å². The number of cyclic esters (lactones) is 4. The maximum absolute atomic E-state index is 14.0. The molecule has 146 valence electrons. The summed E-state index contributed by atoms with van der Waals surface area (Å²) in [6, 6.07) is 0. The van der Waals surface area contributed by atoms with Crippen LogP contribution in [0.15, 0.2) is 0 Å². The van der Waals surface area contributed by atoms with E-state index in [1.807, 2.05) is 0 Å². The molecule has 0 aromatic carbocycles. The van der Waals surface area contributed by atoms with Crippen molar-refractivity contribution in [3.05, 3.63) is 0 Å². The Balaban J connectivity index is 1.27. The van der Waals surface area contributed by atoms with Crippen LogP contribution in [0.5, 0.6) is 0 Å². The van der Waals surface area contributed by atoms with Crippen molar-refractivity contribution in [1.82, 2.24) is 0 Å². The first kappa shape index (κ1) is 15.8. The highest BCUT2D eigenvalue weighted by Gasteiger charge is 2.78. The number of ether oxygens (including phenoxy) is 2. The van der Waals surface area contributed by atoms with Crippen LogP contribution >= 0.6 is 0 Å². The van der Waals surface area contributed by atoms with E-state index in [-0.39, 0.29) is 41.3 Å². The zero-order valence-corrected chi connectivity index (χ0v) is 15.2.